The van der Waals surface area contributed by atoms with E-state index in [0.29, 0.717) is 17.5 Å². The summed E-state index contributed by atoms with van der Waals surface area (Å²) in [6, 6.07) is 7.88. The zero-order valence-corrected chi connectivity index (χ0v) is 16.0. The Labute approximate surface area is 166 Å². The van der Waals surface area contributed by atoms with Crippen molar-refractivity contribution in [3.05, 3.63) is 59.2 Å². The van der Waals surface area contributed by atoms with E-state index in [2.05, 4.69) is 16.0 Å². The van der Waals surface area contributed by atoms with Gasteiger partial charge in [0.1, 0.15) is 17.4 Å². The maximum Gasteiger partial charge on any atom is 0.254 e. The van der Waals surface area contributed by atoms with Crippen LogP contribution in [0.25, 0.3) is 0 Å². The number of carbonyl (C=O) groups excluding carboxylic acids is 3. The molecule has 0 fully saturated rings. The maximum absolute atomic E-state index is 13.5. The van der Waals surface area contributed by atoms with Crippen LogP contribution < -0.4 is 20.7 Å². The fourth-order valence-corrected chi connectivity index (χ4v) is 2.44. The SMILES string of the molecule is COc1ccc(C)cc1NC(=O)CNC(=O)CCNC(=O)c1ccc(F)cc1F. The number of hydrogen-bond acceptors (Lipinski definition) is 4. The standard InChI is InChI=1S/C20H21F2N3O4/c1-12-3-6-17(29-2)16(9-12)25-19(27)11-24-18(26)7-8-23-20(28)14-5-4-13(21)10-15(14)22/h3-6,9-10H,7-8,11H2,1-2H3,(H,23,28)(H,24,26)(H,25,27). The second-order valence-electron chi connectivity index (χ2n) is 6.16. The zero-order chi connectivity index (χ0) is 21.4. The fraction of sp³-hybridized carbons (Fsp3) is 0.250. The van der Waals surface area contributed by atoms with Crippen molar-refractivity contribution in [3.63, 3.8) is 0 Å². The molecule has 0 heterocycles. The zero-order valence-electron chi connectivity index (χ0n) is 16.0. The molecule has 154 valence electrons. The molecule has 2 aromatic rings. The molecule has 0 atom stereocenters. The lowest BCUT2D eigenvalue weighted by Crippen LogP contribution is -2.35. The van der Waals surface area contributed by atoms with Crippen LogP contribution >= 0.6 is 0 Å². The lowest BCUT2D eigenvalue weighted by atomic mass is 10.2. The van der Waals surface area contributed by atoms with E-state index in [0.717, 1.165) is 17.7 Å². The molecule has 0 unspecified atom stereocenters. The minimum absolute atomic E-state index is 0.0746. The average Bonchev–Trinajstić information content (AvgIpc) is 2.66. The number of carbonyl (C=O) groups is 3. The minimum Gasteiger partial charge on any atom is -0.495 e. The van der Waals surface area contributed by atoms with Crippen LogP contribution in [0.1, 0.15) is 22.3 Å². The molecule has 0 saturated heterocycles. The molecule has 0 aliphatic rings. The Morgan fingerprint density at radius 3 is 2.45 bits per heavy atom. The summed E-state index contributed by atoms with van der Waals surface area (Å²) in [6.45, 7) is 1.52. The lowest BCUT2D eigenvalue weighted by Gasteiger charge is -2.11. The first-order valence-corrected chi connectivity index (χ1v) is 8.74. The topological polar surface area (TPSA) is 96.5 Å². The van der Waals surface area contributed by atoms with Gasteiger partial charge in [0.2, 0.25) is 11.8 Å². The van der Waals surface area contributed by atoms with Gasteiger partial charge in [-0.3, -0.25) is 14.4 Å². The Bertz CT molecular complexity index is 919. The summed E-state index contributed by atoms with van der Waals surface area (Å²) in [7, 11) is 1.48. The van der Waals surface area contributed by atoms with Crippen molar-refractivity contribution in [1.82, 2.24) is 10.6 Å². The van der Waals surface area contributed by atoms with Crippen LogP contribution in [0.5, 0.6) is 5.75 Å². The molecule has 0 spiro atoms. The van der Waals surface area contributed by atoms with E-state index in [1.165, 1.54) is 7.11 Å². The highest BCUT2D eigenvalue weighted by Gasteiger charge is 2.13. The van der Waals surface area contributed by atoms with Crippen LogP contribution in [0.15, 0.2) is 36.4 Å². The average molecular weight is 405 g/mol. The highest BCUT2D eigenvalue weighted by Crippen LogP contribution is 2.24. The van der Waals surface area contributed by atoms with Gasteiger partial charge in [-0.1, -0.05) is 6.07 Å². The molecular weight excluding hydrogens is 384 g/mol. The molecule has 0 saturated carbocycles. The van der Waals surface area contributed by atoms with E-state index in [1.807, 2.05) is 13.0 Å². The van der Waals surface area contributed by atoms with Gasteiger partial charge in [0.15, 0.2) is 0 Å². The third-order valence-corrected chi connectivity index (χ3v) is 3.89. The molecule has 3 N–H and O–H groups in total. The van der Waals surface area contributed by atoms with Crippen LogP contribution in [-0.2, 0) is 9.59 Å². The predicted octanol–water partition coefficient (Wildman–Crippen LogP) is 2.16. The number of amides is 3. The summed E-state index contributed by atoms with van der Waals surface area (Å²) >= 11 is 0. The number of nitrogens with one attached hydrogen (secondary N) is 3. The summed E-state index contributed by atoms with van der Waals surface area (Å²) in [4.78, 5) is 35.7. The fourth-order valence-electron chi connectivity index (χ4n) is 2.44. The third kappa shape index (κ3) is 6.56. The van der Waals surface area contributed by atoms with Crippen molar-refractivity contribution < 1.29 is 27.9 Å². The monoisotopic (exact) mass is 405 g/mol. The van der Waals surface area contributed by atoms with Crippen molar-refractivity contribution in [2.75, 3.05) is 25.5 Å². The number of methoxy groups -OCH3 is 1. The van der Waals surface area contributed by atoms with Crippen molar-refractivity contribution in [3.8, 4) is 5.75 Å². The van der Waals surface area contributed by atoms with E-state index in [-0.39, 0.29) is 25.1 Å². The van der Waals surface area contributed by atoms with Crippen LogP contribution in [-0.4, -0.2) is 37.9 Å². The lowest BCUT2D eigenvalue weighted by molar-refractivity contribution is -0.124. The van der Waals surface area contributed by atoms with E-state index in [1.54, 1.807) is 12.1 Å². The number of halogens is 2. The van der Waals surface area contributed by atoms with Gasteiger partial charge < -0.3 is 20.7 Å². The Morgan fingerprint density at radius 2 is 1.76 bits per heavy atom. The number of benzene rings is 2. The first-order chi connectivity index (χ1) is 13.8. The van der Waals surface area contributed by atoms with Gasteiger partial charge in [-0.2, -0.15) is 0 Å². The predicted molar refractivity (Wildman–Crippen MR) is 103 cm³/mol. The minimum atomic E-state index is -0.991. The Morgan fingerprint density at radius 1 is 1.00 bits per heavy atom. The smallest absolute Gasteiger partial charge is 0.254 e. The molecule has 7 nitrogen and oxygen atoms in total. The molecule has 2 rings (SSSR count). The Balaban J connectivity index is 1.75. The largest absolute Gasteiger partial charge is 0.495 e. The van der Waals surface area contributed by atoms with Gasteiger partial charge >= 0.3 is 0 Å². The van der Waals surface area contributed by atoms with E-state index < -0.39 is 29.4 Å². The molecule has 3 amide bonds. The second-order valence-corrected chi connectivity index (χ2v) is 6.16. The number of aryl methyl sites for hydroxylation is 1. The number of ether oxygens (including phenoxy) is 1. The molecule has 0 aliphatic heterocycles. The summed E-state index contributed by atoms with van der Waals surface area (Å²) in [5, 5.41) is 7.42. The summed E-state index contributed by atoms with van der Waals surface area (Å²) in [6.07, 6.45) is -0.115. The van der Waals surface area contributed by atoms with E-state index in [4.69, 9.17) is 4.74 Å². The van der Waals surface area contributed by atoms with Crippen molar-refractivity contribution in [2.24, 2.45) is 0 Å². The highest BCUT2D eigenvalue weighted by atomic mass is 19.1. The van der Waals surface area contributed by atoms with E-state index in [9.17, 15) is 23.2 Å². The van der Waals surface area contributed by atoms with Crippen molar-refractivity contribution in [1.29, 1.82) is 0 Å². The first-order valence-electron chi connectivity index (χ1n) is 8.74. The number of hydrogen-bond donors (Lipinski definition) is 3. The molecular formula is C20H21F2N3O4. The molecule has 0 aliphatic carbocycles. The maximum atomic E-state index is 13.5. The number of rotatable bonds is 8. The Hall–Kier alpha value is -3.49. The van der Waals surface area contributed by atoms with E-state index >= 15 is 0 Å². The third-order valence-electron chi connectivity index (χ3n) is 3.89. The van der Waals surface area contributed by atoms with Gasteiger partial charge in [-0.15, -0.1) is 0 Å². The van der Waals surface area contributed by atoms with Gasteiger partial charge in [-0.05, 0) is 36.8 Å². The quantitative estimate of drug-likeness (QED) is 0.627. The summed E-state index contributed by atoms with van der Waals surface area (Å²) in [5.41, 5.74) is 1.09. The van der Waals surface area contributed by atoms with Crippen molar-refractivity contribution in [2.45, 2.75) is 13.3 Å². The normalized spacial score (nSPS) is 10.2. The van der Waals surface area contributed by atoms with Crippen LogP contribution in [0.4, 0.5) is 14.5 Å². The first kappa shape index (κ1) is 21.8. The summed E-state index contributed by atoms with van der Waals surface area (Å²) < 4.78 is 31.5. The van der Waals surface area contributed by atoms with Gasteiger partial charge in [0.25, 0.3) is 5.91 Å². The summed E-state index contributed by atoms with van der Waals surface area (Å²) in [5.74, 6) is -2.98. The molecule has 0 radical (unpaired) electrons. The van der Waals surface area contributed by atoms with Crippen LogP contribution in [0, 0.1) is 18.6 Å². The van der Waals surface area contributed by atoms with Gasteiger partial charge in [0.05, 0.1) is 24.9 Å². The Kier molecular flexibility index (Phi) is 7.64. The van der Waals surface area contributed by atoms with Crippen molar-refractivity contribution >= 4 is 23.4 Å². The van der Waals surface area contributed by atoms with Crippen LogP contribution in [0.2, 0.25) is 0 Å². The molecule has 0 bridgehead atoms. The van der Waals surface area contributed by atoms with Gasteiger partial charge in [0, 0.05) is 19.0 Å². The van der Waals surface area contributed by atoms with Gasteiger partial charge in [-0.25, -0.2) is 8.78 Å². The second kappa shape index (κ2) is 10.2. The molecule has 9 heteroatoms. The number of anilines is 1. The van der Waals surface area contributed by atoms with Crippen LogP contribution in [0.3, 0.4) is 0 Å². The highest BCUT2D eigenvalue weighted by molar-refractivity contribution is 5.96. The molecule has 2 aromatic carbocycles. The molecule has 0 aromatic heterocycles. The molecule has 29 heavy (non-hydrogen) atoms.